The van der Waals surface area contributed by atoms with Gasteiger partial charge in [0.15, 0.2) is 10.6 Å². The van der Waals surface area contributed by atoms with Gasteiger partial charge in [0.05, 0.1) is 40.5 Å². The molecule has 37 heavy (non-hydrogen) atoms. The van der Waals surface area contributed by atoms with Gasteiger partial charge in [0, 0.05) is 11.0 Å². The number of fused-ring (bicyclic) bond motifs is 1. The molecule has 12 heteroatoms. The Morgan fingerprint density at radius 3 is 2.62 bits per heavy atom. The molecule has 0 saturated heterocycles. The van der Waals surface area contributed by atoms with Gasteiger partial charge in [0.1, 0.15) is 0 Å². The molecule has 1 aliphatic rings. The lowest BCUT2D eigenvalue weighted by Gasteiger charge is -2.24. The highest BCUT2D eigenvalue weighted by Crippen LogP contribution is 2.37. The molecule has 0 amide bonds. The summed E-state index contributed by atoms with van der Waals surface area (Å²) in [6, 6.07) is 9.33. The Labute approximate surface area is 219 Å². The Morgan fingerprint density at radius 1 is 1.32 bits per heavy atom. The second-order valence-corrected chi connectivity index (χ2v) is 9.81. The van der Waals surface area contributed by atoms with E-state index in [1.807, 2.05) is 30.5 Å². The summed E-state index contributed by atoms with van der Waals surface area (Å²) in [7, 11) is 1.28. The number of carbonyl (C=O) groups excluding carboxylic acids is 1. The molecule has 4 rings (SSSR count). The first-order valence-corrected chi connectivity index (χ1v) is 13.1. The molecule has 0 aliphatic carbocycles. The van der Waals surface area contributed by atoms with Crippen molar-refractivity contribution < 1.29 is 24.3 Å². The number of thioether (sulfide) groups is 1. The zero-order valence-corrected chi connectivity index (χ0v) is 22.0. The fourth-order valence-corrected chi connectivity index (χ4v) is 5.49. The van der Waals surface area contributed by atoms with Gasteiger partial charge in [-0.05, 0) is 55.5 Å². The lowest BCUT2D eigenvalue weighted by atomic mass is 9.96. The molecule has 3 aromatic rings. The molecule has 0 radical (unpaired) electrons. The number of esters is 1. The van der Waals surface area contributed by atoms with Gasteiger partial charge in [-0.1, -0.05) is 23.5 Å². The summed E-state index contributed by atoms with van der Waals surface area (Å²) in [5, 5.41) is 21.5. The van der Waals surface area contributed by atoms with E-state index >= 15 is 0 Å². The Hall–Kier alpha value is -3.90. The number of carbonyl (C=O) groups is 1. The molecule has 0 bridgehead atoms. The van der Waals surface area contributed by atoms with E-state index in [4.69, 9.17) is 9.47 Å². The monoisotopic (exact) mass is 541 g/mol. The number of nitro groups is 1. The first kappa shape index (κ1) is 26.2. The van der Waals surface area contributed by atoms with Gasteiger partial charge in [-0.25, -0.2) is 9.79 Å². The van der Waals surface area contributed by atoms with E-state index in [2.05, 4.69) is 4.99 Å². The van der Waals surface area contributed by atoms with E-state index in [1.54, 1.807) is 25.6 Å². The van der Waals surface area contributed by atoms with Crippen LogP contribution in [0.3, 0.4) is 0 Å². The number of hydrogen-bond acceptors (Lipinski definition) is 10. The molecule has 0 saturated carbocycles. The molecule has 2 aromatic carbocycles. The van der Waals surface area contributed by atoms with Crippen molar-refractivity contribution in [2.45, 2.75) is 24.8 Å². The summed E-state index contributed by atoms with van der Waals surface area (Å²) >= 11 is 2.66. The van der Waals surface area contributed by atoms with Gasteiger partial charge in [-0.15, -0.1) is 11.8 Å². The summed E-state index contributed by atoms with van der Waals surface area (Å²) in [5.41, 5.74) is 0.725. The Balaban J connectivity index is 1.95. The highest BCUT2D eigenvalue weighted by Gasteiger charge is 2.33. The zero-order valence-electron chi connectivity index (χ0n) is 20.4. The van der Waals surface area contributed by atoms with E-state index in [9.17, 15) is 24.8 Å². The minimum absolute atomic E-state index is 0.0968. The number of thiazole rings is 1. The molecule has 10 nitrogen and oxygen atoms in total. The van der Waals surface area contributed by atoms with E-state index in [-0.39, 0.29) is 28.0 Å². The molecular weight excluding hydrogens is 518 g/mol. The maximum atomic E-state index is 13.7. The van der Waals surface area contributed by atoms with Crippen LogP contribution in [0, 0.1) is 10.1 Å². The Morgan fingerprint density at radius 2 is 2.03 bits per heavy atom. The fraction of sp³-hybridized carbons (Fsp3) is 0.240. The van der Waals surface area contributed by atoms with Crippen molar-refractivity contribution in [3.63, 3.8) is 0 Å². The molecule has 1 atom stereocenters. The first-order valence-electron chi connectivity index (χ1n) is 11.1. The highest BCUT2D eigenvalue weighted by molar-refractivity contribution is 7.98. The normalized spacial score (nSPS) is 15.2. The number of phenols is 1. The van der Waals surface area contributed by atoms with E-state index < -0.39 is 33.9 Å². The third-order valence-corrected chi connectivity index (χ3v) is 7.47. The number of nitrogens with zero attached hydrogens (tertiary/aromatic N) is 3. The molecule has 0 spiro atoms. The minimum Gasteiger partial charge on any atom is -0.500 e. The van der Waals surface area contributed by atoms with Crippen LogP contribution in [0.1, 0.15) is 31.0 Å². The predicted molar refractivity (Wildman–Crippen MR) is 140 cm³/mol. The summed E-state index contributed by atoms with van der Waals surface area (Å²) in [5.74, 6) is -1.26. The van der Waals surface area contributed by atoms with Crippen molar-refractivity contribution >= 4 is 40.8 Å². The number of methoxy groups -OCH3 is 1. The fourth-order valence-electron chi connectivity index (χ4n) is 4.04. The van der Waals surface area contributed by atoms with Crippen molar-refractivity contribution in [1.82, 2.24) is 4.57 Å². The predicted octanol–water partition coefficient (Wildman–Crippen LogP) is 3.14. The van der Waals surface area contributed by atoms with Gasteiger partial charge >= 0.3 is 11.7 Å². The van der Waals surface area contributed by atoms with Crippen LogP contribution in [0.2, 0.25) is 0 Å². The first-order chi connectivity index (χ1) is 17.7. The quantitative estimate of drug-likeness (QED) is 0.209. The van der Waals surface area contributed by atoms with Crippen LogP contribution in [0.5, 0.6) is 11.5 Å². The zero-order chi connectivity index (χ0) is 26.9. The maximum Gasteiger partial charge on any atom is 0.338 e. The number of ether oxygens (including phenoxy) is 2. The maximum absolute atomic E-state index is 13.7. The summed E-state index contributed by atoms with van der Waals surface area (Å²) in [4.78, 5) is 43.3. The Kier molecular flexibility index (Phi) is 7.50. The van der Waals surface area contributed by atoms with E-state index in [0.717, 1.165) is 22.3 Å². The van der Waals surface area contributed by atoms with Gasteiger partial charge in [-0.2, -0.15) is 0 Å². The van der Waals surface area contributed by atoms with Crippen molar-refractivity contribution in [3.05, 3.63) is 88.6 Å². The molecular formula is C25H23N3O7S2. The van der Waals surface area contributed by atoms with Crippen LogP contribution in [-0.4, -0.2) is 40.5 Å². The molecule has 0 unspecified atom stereocenters. The second-order valence-electron chi connectivity index (χ2n) is 7.92. The average Bonchev–Trinajstić information content (AvgIpc) is 3.18. The van der Waals surface area contributed by atoms with Crippen LogP contribution < -0.4 is 19.6 Å². The third-order valence-electron chi connectivity index (χ3n) is 5.74. The number of nitro benzene ring substituents is 1. The van der Waals surface area contributed by atoms with Crippen LogP contribution in [0.25, 0.3) is 6.08 Å². The van der Waals surface area contributed by atoms with Crippen LogP contribution >= 0.6 is 23.1 Å². The summed E-state index contributed by atoms with van der Waals surface area (Å²) < 4.78 is 12.0. The van der Waals surface area contributed by atoms with Gasteiger partial charge < -0.3 is 14.6 Å². The SMILES string of the molecule is CCOC(=O)C1=C(C)N=c2s/c(=C\c3cc(OC)c(O)c([N+](=O)[O-])c3)c(=O)n2[C@H]1c1ccc(SC)cc1. The second kappa shape index (κ2) is 10.6. The lowest BCUT2D eigenvalue weighted by Crippen LogP contribution is -2.39. The number of benzene rings is 2. The molecule has 192 valence electrons. The number of aromatic hydroxyl groups is 1. The van der Waals surface area contributed by atoms with Crippen molar-refractivity contribution in [1.29, 1.82) is 0 Å². The topological polar surface area (TPSA) is 133 Å². The molecule has 1 aromatic heterocycles. The van der Waals surface area contributed by atoms with Crippen molar-refractivity contribution in [3.8, 4) is 11.5 Å². The van der Waals surface area contributed by atoms with E-state index in [1.165, 1.54) is 23.8 Å². The molecule has 1 N–H and O–H groups in total. The van der Waals surface area contributed by atoms with Gasteiger partial charge in [0.2, 0.25) is 5.75 Å². The highest BCUT2D eigenvalue weighted by atomic mass is 32.2. The van der Waals surface area contributed by atoms with Crippen molar-refractivity contribution in [2.75, 3.05) is 20.0 Å². The van der Waals surface area contributed by atoms with Gasteiger partial charge in [0.25, 0.3) is 5.56 Å². The van der Waals surface area contributed by atoms with Crippen LogP contribution in [0.15, 0.2) is 62.4 Å². The number of rotatable bonds is 7. The van der Waals surface area contributed by atoms with Crippen LogP contribution in [0.4, 0.5) is 5.69 Å². The molecule has 2 heterocycles. The largest absolute Gasteiger partial charge is 0.500 e. The number of allylic oxidation sites excluding steroid dienone is 1. The van der Waals surface area contributed by atoms with Crippen molar-refractivity contribution in [2.24, 2.45) is 4.99 Å². The average molecular weight is 542 g/mol. The number of phenolic OH excluding ortho intramolecular Hbond substituents is 1. The Bertz CT molecular complexity index is 1600. The molecule has 1 aliphatic heterocycles. The standard InChI is InChI=1S/C25H23N3O7S2/c1-5-35-24(31)20-13(2)26-25-27(21(20)15-6-8-16(36-4)9-7-15)23(30)19(37-25)12-14-10-17(28(32)33)22(29)18(11-14)34-3/h6-12,21,29H,5H2,1-4H3/b19-12-/t21-/m0/s1. The van der Waals surface area contributed by atoms with Gasteiger partial charge in [-0.3, -0.25) is 19.5 Å². The lowest BCUT2D eigenvalue weighted by molar-refractivity contribution is -0.386. The number of hydrogen-bond donors (Lipinski definition) is 1. The number of aromatic nitrogens is 1. The van der Waals surface area contributed by atoms with Crippen LogP contribution in [-0.2, 0) is 9.53 Å². The minimum atomic E-state index is -0.767. The summed E-state index contributed by atoms with van der Waals surface area (Å²) in [6.07, 6.45) is 3.42. The van der Waals surface area contributed by atoms with E-state index in [0.29, 0.717) is 16.1 Å². The third kappa shape index (κ3) is 4.89. The molecule has 0 fully saturated rings. The smallest absolute Gasteiger partial charge is 0.338 e. The summed E-state index contributed by atoms with van der Waals surface area (Å²) in [6.45, 7) is 3.57.